The van der Waals surface area contributed by atoms with Gasteiger partial charge in [-0.05, 0) is 71.3 Å². The molecule has 0 bridgehead atoms. The van der Waals surface area contributed by atoms with Gasteiger partial charge in [-0.25, -0.2) is 0 Å². The summed E-state index contributed by atoms with van der Waals surface area (Å²) in [6.45, 7) is 0. The van der Waals surface area contributed by atoms with Gasteiger partial charge in [0.1, 0.15) is 6.07 Å². The van der Waals surface area contributed by atoms with Crippen molar-refractivity contribution in [3.63, 3.8) is 0 Å². The van der Waals surface area contributed by atoms with Crippen molar-refractivity contribution in [1.82, 2.24) is 9.13 Å². The number of nitriles is 2. The Morgan fingerprint density at radius 2 is 0.917 bits per heavy atom. The highest BCUT2D eigenvalue weighted by Gasteiger charge is 2.21. The second-order valence-corrected chi connectivity index (χ2v) is 12.0. The predicted molar refractivity (Wildman–Crippen MR) is 195 cm³/mol. The van der Waals surface area contributed by atoms with Gasteiger partial charge in [0.05, 0.1) is 50.6 Å². The van der Waals surface area contributed by atoms with Gasteiger partial charge < -0.3 is 9.13 Å². The van der Waals surface area contributed by atoms with Crippen LogP contribution in [-0.2, 0) is 0 Å². The highest BCUT2D eigenvalue weighted by Crippen LogP contribution is 2.42. The Labute approximate surface area is 277 Å². The van der Waals surface area contributed by atoms with Crippen LogP contribution in [0.1, 0.15) is 11.1 Å². The Hall–Kier alpha value is -6.88. The molecule has 0 saturated carbocycles. The molecule has 4 heteroatoms. The highest BCUT2D eigenvalue weighted by atomic mass is 15.0. The molecule has 7 aromatic carbocycles. The standard InChI is InChI=1S/C44H26N4/c45-27-29-11-9-12-31(25-29)44-33(17-10-22-43(44)48-41-20-7-3-15-36(41)37-16-4-8-21-42(37)48)30-23-24-38(32(26-30)28-46)47-39-18-5-1-13-34(39)35-14-2-6-19-40(35)47/h1-26H. The van der Waals surface area contributed by atoms with Gasteiger partial charge in [0.25, 0.3) is 0 Å². The van der Waals surface area contributed by atoms with Crippen LogP contribution >= 0.6 is 0 Å². The molecule has 9 rings (SSSR count). The summed E-state index contributed by atoms with van der Waals surface area (Å²) in [6, 6.07) is 58.8. The van der Waals surface area contributed by atoms with Crippen LogP contribution in [0.25, 0.3) is 77.2 Å². The second kappa shape index (κ2) is 10.9. The third kappa shape index (κ3) is 4.07. The molecule has 0 spiro atoms. The van der Waals surface area contributed by atoms with Crippen LogP contribution in [0.4, 0.5) is 0 Å². The van der Waals surface area contributed by atoms with Gasteiger partial charge in [0, 0.05) is 27.1 Å². The van der Waals surface area contributed by atoms with Crippen LogP contribution in [-0.4, -0.2) is 9.13 Å². The Kier molecular flexibility index (Phi) is 6.22. The van der Waals surface area contributed by atoms with Gasteiger partial charge in [-0.3, -0.25) is 0 Å². The minimum Gasteiger partial charge on any atom is -0.309 e. The molecule has 0 atom stereocenters. The average Bonchev–Trinajstić information content (AvgIpc) is 3.67. The van der Waals surface area contributed by atoms with Crippen molar-refractivity contribution in [2.24, 2.45) is 0 Å². The zero-order valence-electron chi connectivity index (χ0n) is 25.8. The fourth-order valence-electron chi connectivity index (χ4n) is 7.37. The summed E-state index contributed by atoms with van der Waals surface area (Å²) < 4.78 is 4.51. The van der Waals surface area contributed by atoms with Gasteiger partial charge >= 0.3 is 0 Å². The maximum atomic E-state index is 10.6. The minimum absolute atomic E-state index is 0.581. The number of nitrogens with zero attached hydrogens (tertiary/aromatic N) is 4. The third-order valence-electron chi connectivity index (χ3n) is 9.39. The fraction of sp³-hybridized carbons (Fsp3) is 0. The van der Waals surface area contributed by atoms with E-state index >= 15 is 0 Å². The van der Waals surface area contributed by atoms with E-state index in [9.17, 15) is 10.5 Å². The SMILES string of the molecule is N#Cc1cccc(-c2c(-c3ccc(-n4c5ccccc5c5ccccc54)c(C#N)c3)cccc2-n2c3ccccc3c3ccccc32)c1. The van der Waals surface area contributed by atoms with Gasteiger partial charge in [0.2, 0.25) is 0 Å². The van der Waals surface area contributed by atoms with E-state index in [0.717, 1.165) is 66.5 Å². The van der Waals surface area contributed by atoms with E-state index in [4.69, 9.17) is 0 Å². The Balaban J connectivity index is 1.33. The molecule has 4 nitrogen and oxygen atoms in total. The molecule has 0 aliphatic heterocycles. The topological polar surface area (TPSA) is 57.4 Å². The number of hydrogen-bond acceptors (Lipinski definition) is 2. The molecule has 0 radical (unpaired) electrons. The maximum absolute atomic E-state index is 10.6. The summed E-state index contributed by atoms with van der Waals surface area (Å²) in [7, 11) is 0. The van der Waals surface area contributed by atoms with Gasteiger partial charge in [-0.2, -0.15) is 10.5 Å². The van der Waals surface area contributed by atoms with E-state index in [2.05, 4.69) is 143 Å². The number of fused-ring (bicyclic) bond motifs is 6. The molecule has 2 heterocycles. The lowest BCUT2D eigenvalue weighted by Gasteiger charge is -2.19. The lowest BCUT2D eigenvalue weighted by Crippen LogP contribution is -2.01. The molecule has 0 aliphatic rings. The van der Waals surface area contributed by atoms with Crippen molar-refractivity contribution in [1.29, 1.82) is 10.5 Å². The number of benzene rings is 7. The van der Waals surface area contributed by atoms with Crippen LogP contribution < -0.4 is 0 Å². The van der Waals surface area contributed by atoms with Crippen LogP contribution in [0.3, 0.4) is 0 Å². The van der Waals surface area contributed by atoms with Gasteiger partial charge in [-0.15, -0.1) is 0 Å². The summed E-state index contributed by atoms with van der Waals surface area (Å²) >= 11 is 0. The average molecular weight is 611 g/mol. The Bertz CT molecular complexity index is 2710. The first-order chi connectivity index (χ1) is 23.7. The van der Waals surface area contributed by atoms with E-state index in [-0.39, 0.29) is 0 Å². The van der Waals surface area contributed by atoms with Gasteiger partial charge in [0.15, 0.2) is 0 Å². The van der Waals surface area contributed by atoms with E-state index in [1.807, 2.05) is 36.4 Å². The van der Waals surface area contributed by atoms with Crippen LogP contribution in [0, 0.1) is 22.7 Å². The number of para-hydroxylation sites is 4. The van der Waals surface area contributed by atoms with E-state index < -0.39 is 0 Å². The molecular weight excluding hydrogens is 585 g/mol. The van der Waals surface area contributed by atoms with Crippen molar-refractivity contribution in [3.05, 3.63) is 169 Å². The predicted octanol–water partition coefficient (Wildman–Crippen LogP) is 11.0. The quantitative estimate of drug-likeness (QED) is 0.199. The zero-order valence-corrected chi connectivity index (χ0v) is 25.8. The molecule has 0 fully saturated rings. The number of hydrogen-bond donors (Lipinski definition) is 0. The fourth-order valence-corrected chi connectivity index (χ4v) is 7.37. The van der Waals surface area contributed by atoms with E-state index in [1.165, 1.54) is 10.8 Å². The van der Waals surface area contributed by atoms with Crippen LogP contribution in [0.5, 0.6) is 0 Å². The van der Waals surface area contributed by atoms with Crippen LogP contribution in [0.2, 0.25) is 0 Å². The number of rotatable bonds is 4. The Morgan fingerprint density at radius 1 is 0.396 bits per heavy atom. The van der Waals surface area contributed by atoms with E-state index in [1.54, 1.807) is 0 Å². The number of aromatic nitrogens is 2. The van der Waals surface area contributed by atoms with Crippen LogP contribution in [0.15, 0.2) is 158 Å². The largest absolute Gasteiger partial charge is 0.309 e. The minimum atomic E-state index is 0.581. The maximum Gasteiger partial charge on any atom is 0.101 e. The van der Waals surface area contributed by atoms with Crippen molar-refractivity contribution < 1.29 is 0 Å². The smallest absolute Gasteiger partial charge is 0.101 e. The third-order valence-corrected chi connectivity index (χ3v) is 9.39. The first-order valence-electron chi connectivity index (χ1n) is 15.9. The van der Waals surface area contributed by atoms with Crippen molar-refractivity contribution in [2.75, 3.05) is 0 Å². The summed E-state index contributed by atoms with van der Waals surface area (Å²) in [5.41, 5.74) is 11.2. The first kappa shape index (κ1) is 27.4. The molecule has 9 aromatic rings. The summed E-state index contributed by atoms with van der Waals surface area (Å²) in [6.07, 6.45) is 0. The molecule has 2 aromatic heterocycles. The van der Waals surface area contributed by atoms with Gasteiger partial charge in [-0.1, -0.05) is 103 Å². The Morgan fingerprint density at radius 3 is 1.46 bits per heavy atom. The summed E-state index contributed by atoms with van der Waals surface area (Å²) in [5.74, 6) is 0. The molecular formula is C44H26N4. The molecule has 0 amide bonds. The summed E-state index contributed by atoms with van der Waals surface area (Å²) in [4.78, 5) is 0. The first-order valence-corrected chi connectivity index (χ1v) is 15.9. The van der Waals surface area contributed by atoms with E-state index in [0.29, 0.717) is 11.1 Å². The van der Waals surface area contributed by atoms with Crippen molar-refractivity contribution in [3.8, 4) is 45.8 Å². The normalized spacial score (nSPS) is 11.3. The van der Waals surface area contributed by atoms with Crippen molar-refractivity contribution >= 4 is 43.6 Å². The molecule has 48 heavy (non-hydrogen) atoms. The monoisotopic (exact) mass is 610 g/mol. The molecule has 0 N–H and O–H groups in total. The highest BCUT2D eigenvalue weighted by molar-refractivity contribution is 6.11. The molecule has 0 saturated heterocycles. The lowest BCUT2D eigenvalue weighted by molar-refractivity contribution is 1.17. The summed E-state index contributed by atoms with van der Waals surface area (Å²) in [5, 5.41) is 25.2. The molecule has 0 unspecified atom stereocenters. The second-order valence-electron chi connectivity index (χ2n) is 12.0. The molecule has 222 valence electrons. The lowest BCUT2D eigenvalue weighted by atomic mass is 9.91. The van der Waals surface area contributed by atoms with Crippen molar-refractivity contribution in [2.45, 2.75) is 0 Å². The molecule has 0 aliphatic carbocycles. The zero-order chi connectivity index (χ0) is 32.2.